The maximum atomic E-state index is 6.65. The van der Waals surface area contributed by atoms with Crippen LogP contribution in [0.2, 0.25) is 0 Å². The number of ether oxygens (including phenoxy) is 2. The third-order valence-electron chi connectivity index (χ3n) is 5.98. The third-order valence-corrected chi connectivity index (χ3v) is 7.11. The monoisotopic (exact) mass is 492 g/mol. The van der Waals surface area contributed by atoms with E-state index in [1.165, 1.54) is 17.3 Å². The highest BCUT2D eigenvalue weighted by molar-refractivity contribution is 8.04. The zero-order valence-corrected chi connectivity index (χ0v) is 20.9. The minimum absolute atomic E-state index is 0.314. The van der Waals surface area contributed by atoms with Gasteiger partial charge in [-0.05, 0) is 35.9 Å². The second-order valence-corrected chi connectivity index (χ2v) is 9.44. The molecule has 8 nitrogen and oxygen atoms in total. The summed E-state index contributed by atoms with van der Waals surface area (Å²) in [6, 6.07) is 16.1. The first-order chi connectivity index (χ1) is 17.0. The Morgan fingerprint density at radius 1 is 1.06 bits per heavy atom. The Morgan fingerprint density at radius 3 is 2.43 bits per heavy atom. The molecular weight excluding hydrogens is 460 g/mol. The molecule has 2 atom stereocenters. The Hall–Kier alpha value is -2.84. The van der Waals surface area contributed by atoms with Crippen molar-refractivity contribution in [1.29, 1.82) is 0 Å². The predicted octanol–water partition coefficient (Wildman–Crippen LogP) is 2.56. The molecule has 0 radical (unpaired) electrons. The number of terminal acetylenes is 1. The van der Waals surface area contributed by atoms with Gasteiger partial charge in [0.15, 0.2) is 0 Å². The molecule has 0 saturated carbocycles. The number of benzene rings is 2. The highest BCUT2D eigenvalue weighted by Gasteiger charge is 2.38. The second kappa shape index (κ2) is 11.7. The maximum Gasteiger partial charge on any atom is 0.150 e. The van der Waals surface area contributed by atoms with Crippen LogP contribution in [0.25, 0.3) is 0 Å². The van der Waals surface area contributed by atoms with E-state index in [1.54, 1.807) is 20.6 Å². The van der Waals surface area contributed by atoms with E-state index in [4.69, 9.17) is 32.4 Å². The fourth-order valence-corrected chi connectivity index (χ4v) is 5.20. The van der Waals surface area contributed by atoms with E-state index in [0.717, 1.165) is 47.3 Å². The quantitative estimate of drug-likeness (QED) is 0.489. The van der Waals surface area contributed by atoms with E-state index in [2.05, 4.69) is 35.1 Å². The lowest BCUT2D eigenvalue weighted by atomic mass is 10.1. The summed E-state index contributed by atoms with van der Waals surface area (Å²) in [5, 5.41) is 0. The summed E-state index contributed by atoms with van der Waals surface area (Å²) in [4.78, 5) is 11.9. The van der Waals surface area contributed by atoms with Crippen molar-refractivity contribution in [2.75, 3.05) is 50.3 Å². The Morgan fingerprint density at radius 2 is 1.77 bits per heavy atom. The lowest BCUT2D eigenvalue weighted by molar-refractivity contribution is 0.110. The smallest absolute Gasteiger partial charge is 0.150 e. The summed E-state index contributed by atoms with van der Waals surface area (Å²) >= 11 is 1.53. The van der Waals surface area contributed by atoms with E-state index in [9.17, 15) is 0 Å². The number of nitrogens with two attached hydrogens (primary N) is 2. The standard InChI is InChI=1S/C26H32N6O2S/c1-4-19-6-5-7-22(16-19)31-18-29-25-23(24(31)27)35-26(28)32(25)21-10-8-20(9-11-21)17-30(12-14-33-2)13-15-34-3/h1,5-11,16,18,24,26H,12-15,17,27-28H2,2-3H3. The van der Waals surface area contributed by atoms with Crippen molar-refractivity contribution in [2.45, 2.75) is 18.2 Å². The Bertz CT molecular complexity index is 1110. The molecule has 35 heavy (non-hydrogen) atoms. The van der Waals surface area contributed by atoms with E-state index >= 15 is 0 Å². The molecule has 2 heterocycles. The Labute approximate surface area is 211 Å². The number of thioether (sulfide) groups is 1. The predicted molar refractivity (Wildman–Crippen MR) is 144 cm³/mol. The van der Waals surface area contributed by atoms with Crippen molar-refractivity contribution in [2.24, 2.45) is 16.5 Å². The van der Waals surface area contributed by atoms with Crippen LogP contribution in [0.5, 0.6) is 0 Å². The van der Waals surface area contributed by atoms with Gasteiger partial charge in [-0.1, -0.05) is 35.9 Å². The van der Waals surface area contributed by atoms with Gasteiger partial charge in [0.25, 0.3) is 0 Å². The number of methoxy groups -OCH3 is 2. The van der Waals surface area contributed by atoms with Gasteiger partial charge in [0, 0.05) is 50.8 Å². The minimum Gasteiger partial charge on any atom is -0.383 e. The molecule has 4 N–H and O–H groups in total. The van der Waals surface area contributed by atoms with Crippen LogP contribution in [0.4, 0.5) is 11.4 Å². The molecule has 0 spiro atoms. The summed E-state index contributed by atoms with van der Waals surface area (Å²) in [5.74, 6) is 3.45. The molecule has 0 aromatic heterocycles. The topological polar surface area (TPSA) is 92.6 Å². The summed E-state index contributed by atoms with van der Waals surface area (Å²) in [6.45, 7) is 3.87. The van der Waals surface area contributed by atoms with Gasteiger partial charge in [-0.2, -0.15) is 0 Å². The van der Waals surface area contributed by atoms with Crippen LogP contribution in [-0.4, -0.2) is 63.4 Å². The van der Waals surface area contributed by atoms with Crippen LogP contribution in [0.3, 0.4) is 0 Å². The molecule has 2 aromatic rings. The molecule has 0 fully saturated rings. The van der Waals surface area contributed by atoms with Gasteiger partial charge in [-0.25, -0.2) is 4.99 Å². The van der Waals surface area contributed by atoms with E-state index in [-0.39, 0.29) is 5.50 Å². The average Bonchev–Trinajstić information content (AvgIpc) is 3.23. The molecule has 0 aliphatic carbocycles. The van der Waals surface area contributed by atoms with Crippen molar-refractivity contribution < 1.29 is 9.47 Å². The van der Waals surface area contributed by atoms with Crippen LogP contribution < -0.4 is 21.3 Å². The van der Waals surface area contributed by atoms with Gasteiger partial charge in [-0.15, -0.1) is 6.42 Å². The molecule has 2 unspecified atom stereocenters. The van der Waals surface area contributed by atoms with Gasteiger partial charge >= 0.3 is 0 Å². The molecule has 2 aliphatic heterocycles. The molecule has 2 aliphatic rings. The van der Waals surface area contributed by atoms with E-state index < -0.39 is 6.17 Å². The summed E-state index contributed by atoms with van der Waals surface area (Å²) in [5.41, 5.74) is 16.7. The Kier molecular flexibility index (Phi) is 8.46. The first-order valence-electron chi connectivity index (χ1n) is 11.4. The molecule has 2 aromatic carbocycles. The summed E-state index contributed by atoms with van der Waals surface area (Å²) < 4.78 is 10.5. The van der Waals surface area contributed by atoms with Crippen LogP contribution in [0.1, 0.15) is 11.1 Å². The van der Waals surface area contributed by atoms with Crippen molar-refractivity contribution in [3.63, 3.8) is 0 Å². The van der Waals surface area contributed by atoms with E-state index in [0.29, 0.717) is 13.2 Å². The van der Waals surface area contributed by atoms with E-state index in [1.807, 2.05) is 34.1 Å². The molecule has 4 rings (SSSR count). The maximum absolute atomic E-state index is 6.65. The van der Waals surface area contributed by atoms with Crippen LogP contribution >= 0.6 is 11.8 Å². The summed E-state index contributed by atoms with van der Waals surface area (Å²) in [7, 11) is 3.44. The number of aliphatic imine (C=N–C) groups is 1. The van der Waals surface area contributed by atoms with Gasteiger partial charge in [-0.3, -0.25) is 9.80 Å². The first kappa shape index (κ1) is 25.3. The fourth-order valence-electron chi connectivity index (χ4n) is 4.10. The van der Waals surface area contributed by atoms with Crippen LogP contribution in [0.15, 0.2) is 64.2 Å². The molecular formula is C26H32N6O2S. The average molecular weight is 493 g/mol. The zero-order chi connectivity index (χ0) is 24.8. The number of rotatable bonds is 10. The van der Waals surface area contributed by atoms with Gasteiger partial charge in [0.2, 0.25) is 0 Å². The van der Waals surface area contributed by atoms with Crippen molar-refractivity contribution >= 4 is 29.5 Å². The van der Waals surface area contributed by atoms with Crippen LogP contribution in [-0.2, 0) is 16.0 Å². The molecule has 184 valence electrons. The molecule has 0 amide bonds. The van der Waals surface area contributed by atoms with Crippen molar-refractivity contribution in [3.05, 3.63) is 70.4 Å². The lowest BCUT2D eigenvalue weighted by Gasteiger charge is -2.31. The normalized spacial score (nSPS) is 19.4. The Balaban J connectivity index is 1.50. The van der Waals surface area contributed by atoms with Gasteiger partial charge in [0.05, 0.1) is 24.5 Å². The largest absolute Gasteiger partial charge is 0.383 e. The number of anilines is 2. The van der Waals surface area contributed by atoms with Crippen molar-refractivity contribution in [3.8, 4) is 12.3 Å². The third kappa shape index (κ3) is 5.70. The first-order valence-corrected chi connectivity index (χ1v) is 12.3. The number of hydrogen-bond donors (Lipinski definition) is 2. The molecule has 0 bridgehead atoms. The van der Waals surface area contributed by atoms with Crippen molar-refractivity contribution in [1.82, 2.24) is 4.90 Å². The lowest BCUT2D eigenvalue weighted by Crippen LogP contribution is -2.44. The zero-order valence-electron chi connectivity index (χ0n) is 20.1. The highest BCUT2D eigenvalue weighted by Crippen LogP contribution is 2.43. The highest BCUT2D eigenvalue weighted by atomic mass is 32.2. The second-order valence-electron chi connectivity index (χ2n) is 8.29. The van der Waals surface area contributed by atoms with Gasteiger partial charge < -0.3 is 25.8 Å². The fraction of sp³-hybridized carbons (Fsp3) is 0.346. The number of hydrogen-bond acceptors (Lipinski definition) is 9. The minimum atomic E-state index is -0.397. The van der Waals surface area contributed by atoms with Gasteiger partial charge in [0.1, 0.15) is 17.5 Å². The SMILES string of the molecule is C#Cc1cccc(N2C=NC3=C(SC(N)N3c3ccc(CN(CCOC)CCOC)cc3)C2N)c1. The molecule has 0 saturated heterocycles. The molecule has 9 heteroatoms. The summed E-state index contributed by atoms with van der Waals surface area (Å²) in [6.07, 6.45) is 6.92. The van der Waals surface area contributed by atoms with Crippen LogP contribution in [0, 0.1) is 12.3 Å². The number of nitrogens with zero attached hydrogens (tertiary/aromatic N) is 4.